The summed E-state index contributed by atoms with van der Waals surface area (Å²) in [5, 5.41) is 13.7. The number of hydrogen-bond acceptors (Lipinski definition) is 6. The smallest absolute Gasteiger partial charge is 0.312 e. The highest BCUT2D eigenvalue weighted by molar-refractivity contribution is 7.28. The Hall–Kier alpha value is -3.06. The molecule has 148 valence electrons. The van der Waals surface area contributed by atoms with E-state index in [1.807, 2.05) is 42.8 Å². The third-order valence-corrected chi connectivity index (χ3v) is 5.63. The molecule has 1 amide bonds. The molecule has 29 heavy (non-hydrogen) atoms. The fraction of sp³-hybridized carbons (Fsp3) is 0.316. The summed E-state index contributed by atoms with van der Waals surface area (Å²) in [6.07, 6.45) is 4.22. The molecular formula is C19H20N7O2P. The Bertz CT molecular complexity index is 1210. The first kappa shape index (κ1) is 18.0. The van der Waals surface area contributed by atoms with Crippen LogP contribution in [0, 0.1) is 0 Å². The van der Waals surface area contributed by atoms with Gasteiger partial charge in [-0.3, -0.25) is 4.79 Å². The lowest BCUT2D eigenvalue weighted by Crippen LogP contribution is -2.41. The maximum atomic E-state index is 13.3. The number of H-pyrrole nitrogens is 1. The molecule has 1 aliphatic rings. The molecule has 2 atom stereocenters. The summed E-state index contributed by atoms with van der Waals surface area (Å²) in [5.41, 5.74) is 3.50. The van der Waals surface area contributed by atoms with Crippen LogP contribution in [0.5, 0.6) is 0 Å². The Morgan fingerprint density at radius 1 is 1.38 bits per heavy atom. The van der Waals surface area contributed by atoms with Crippen LogP contribution in [0.3, 0.4) is 0 Å². The van der Waals surface area contributed by atoms with Crippen molar-refractivity contribution in [3.05, 3.63) is 59.6 Å². The van der Waals surface area contributed by atoms with E-state index < -0.39 is 6.04 Å². The lowest BCUT2D eigenvalue weighted by molar-refractivity contribution is 0.0643. The second kappa shape index (κ2) is 6.77. The van der Waals surface area contributed by atoms with Gasteiger partial charge in [0.15, 0.2) is 0 Å². The second-order valence-corrected chi connectivity index (χ2v) is 8.00. The summed E-state index contributed by atoms with van der Waals surface area (Å²) in [5.74, 6) is 0.181. The lowest BCUT2D eigenvalue weighted by Gasteiger charge is -2.32. The maximum absolute atomic E-state index is 13.3. The number of fused-ring (bicyclic) bond motifs is 2. The minimum absolute atomic E-state index is 0.00631. The predicted octanol–water partition coefficient (Wildman–Crippen LogP) is 1.85. The van der Waals surface area contributed by atoms with E-state index in [0.717, 1.165) is 27.9 Å². The minimum Gasteiger partial charge on any atom is -0.417 e. The topological polar surface area (TPSA) is 105 Å². The predicted molar refractivity (Wildman–Crippen MR) is 108 cm³/mol. The van der Waals surface area contributed by atoms with Gasteiger partial charge in [-0.1, -0.05) is 19.9 Å². The number of nitrogens with zero attached hydrogens (tertiary/aromatic N) is 6. The SMILES string of the molecule is CC(C)c1nnc(C(=O)N2CCc3[nH]cnc3[C@@H]2c2cc3c(P)cccn3n2)o1. The number of rotatable bonds is 3. The Balaban J connectivity index is 1.60. The van der Waals surface area contributed by atoms with Crippen LogP contribution in [-0.4, -0.2) is 47.1 Å². The average Bonchev–Trinajstić information content (AvgIpc) is 3.44. The third-order valence-electron chi connectivity index (χ3n) is 5.14. The van der Waals surface area contributed by atoms with Crippen molar-refractivity contribution in [1.82, 2.24) is 34.7 Å². The van der Waals surface area contributed by atoms with E-state index in [9.17, 15) is 4.79 Å². The number of amides is 1. The highest BCUT2D eigenvalue weighted by atomic mass is 31.0. The normalized spacial score (nSPS) is 16.6. The van der Waals surface area contributed by atoms with Crippen molar-refractivity contribution in [3.8, 4) is 0 Å². The van der Waals surface area contributed by atoms with E-state index >= 15 is 0 Å². The number of nitrogens with one attached hydrogen (secondary N) is 1. The van der Waals surface area contributed by atoms with Crippen LogP contribution in [0.15, 0.2) is 35.1 Å². The van der Waals surface area contributed by atoms with Crippen LogP contribution in [-0.2, 0) is 6.42 Å². The average molecular weight is 409 g/mol. The van der Waals surface area contributed by atoms with Gasteiger partial charge in [0.1, 0.15) is 6.04 Å². The van der Waals surface area contributed by atoms with Crippen LogP contribution in [0.4, 0.5) is 0 Å². The van der Waals surface area contributed by atoms with Gasteiger partial charge in [-0.05, 0) is 17.4 Å². The zero-order valence-electron chi connectivity index (χ0n) is 16.0. The molecule has 5 heterocycles. The molecule has 4 aromatic heterocycles. The van der Waals surface area contributed by atoms with Crippen molar-refractivity contribution < 1.29 is 9.21 Å². The fourth-order valence-corrected chi connectivity index (χ4v) is 3.99. The standard InChI is InChI=1S/C19H20N7O2P/c1-10(2)17-22-23-18(28-17)19(27)25-7-5-11-15(21-9-20-11)16(25)12-8-13-14(29)4-3-6-26(13)24-12/h3-4,6,8-10,16H,5,7,29H2,1-2H3,(H,20,21)/t16-/m0/s1. The second-order valence-electron chi connectivity index (χ2n) is 7.38. The first-order chi connectivity index (χ1) is 14.0. The van der Waals surface area contributed by atoms with Crippen molar-refractivity contribution in [2.75, 3.05) is 6.54 Å². The molecule has 0 saturated heterocycles. The Morgan fingerprint density at radius 3 is 3.00 bits per heavy atom. The number of carbonyl (C=O) groups excluding carboxylic acids is 1. The van der Waals surface area contributed by atoms with Crippen LogP contribution in [0.1, 0.15) is 59.5 Å². The minimum atomic E-state index is -0.434. The molecule has 0 spiro atoms. The van der Waals surface area contributed by atoms with Crippen molar-refractivity contribution in [2.24, 2.45) is 0 Å². The molecule has 0 aliphatic carbocycles. The van der Waals surface area contributed by atoms with Crippen LogP contribution < -0.4 is 5.30 Å². The van der Waals surface area contributed by atoms with Gasteiger partial charge in [0.25, 0.3) is 0 Å². The van der Waals surface area contributed by atoms with Gasteiger partial charge < -0.3 is 14.3 Å². The summed E-state index contributed by atoms with van der Waals surface area (Å²) in [6.45, 7) is 4.39. The molecule has 0 saturated carbocycles. The van der Waals surface area contributed by atoms with Crippen molar-refractivity contribution in [3.63, 3.8) is 0 Å². The summed E-state index contributed by atoms with van der Waals surface area (Å²) in [7, 11) is 2.71. The molecule has 0 radical (unpaired) electrons. The van der Waals surface area contributed by atoms with E-state index in [1.165, 1.54) is 0 Å². The summed E-state index contributed by atoms with van der Waals surface area (Å²) in [6, 6.07) is 5.49. The number of carbonyl (C=O) groups is 1. The van der Waals surface area contributed by atoms with Gasteiger partial charge in [-0.25, -0.2) is 9.50 Å². The highest BCUT2D eigenvalue weighted by Gasteiger charge is 2.38. The zero-order valence-corrected chi connectivity index (χ0v) is 17.2. The van der Waals surface area contributed by atoms with Crippen molar-refractivity contribution in [2.45, 2.75) is 32.2 Å². The van der Waals surface area contributed by atoms with E-state index in [1.54, 1.807) is 11.2 Å². The molecule has 9 nitrogen and oxygen atoms in total. The van der Waals surface area contributed by atoms with E-state index in [0.29, 0.717) is 18.9 Å². The summed E-state index contributed by atoms with van der Waals surface area (Å²) >= 11 is 0. The molecule has 0 bridgehead atoms. The molecule has 0 aromatic carbocycles. The number of pyridine rings is 1. The fourth-order valence-electron chi connectivity index (χ4n) is 3.66. The van der Waals surface area contributed by atoms with Gasteiger partial charge in [0.2, 0.25) is 5.89 Å². The van der Waals surface area contributed by atoms with Gasteiger partial charge in [0.05, 0.1) is 23.2 Å². The van der Waals surface area contributed by atoms with E-state index in [2.05, 4.69) is 29.4 Å². The Kier molecular flexibility index (Phi) is 4.20. The molecule has 1 unspecified atom stereocenters. The van der Waals surface area contributed by atoms with Gasteiger partial charge >= 0.3 is 11.8 Å². The number of aromatic amines is 1. The number of imidazole rings is 1. The van der Waals surface area contributed by atoms with Crippen LogP contribution >= 0.6 is 9.24 Å². The van der Waals surface area contributed by atoms with Gasteiger partial charge in [0, 0.05) is 30.8 Å². The van der Waals surface area contributed by atoms with Gasteiger partial charge in [-0.2, -0.15) is 5.10 Å². The van der Waals surface area contributed by atoms with E-state index in [-0.39, 0.29) is 17.7 Å². The molecule has 0 fully saturated rings. The maximum Gasteiger partial charge on any atom is 0.312 e. The quantitative estimate of drug-likeness (QED) is 0.518. The number of hydrogen-bond donors (Lipinski definition) is 1. The molecule has 1 N–H and O–H groups in total. The Morgan fingerprint density at radius 2 is 2.24 bits per heavy atom. The van der Waals surface area contributed by atoms with Gasteiger partial charge in [-0.15, -0.1) is 19.4 Å². The van der Waals surface area contributed by atoms with E-state index in [4.69, 9.17) is 9.52 Å². The Labute approximate surface area is 168 Å². The molecule has 4 aromatic rings. The van der Waals surface area contributed by atoms with Crippen molar-refractivity contribution in [1.29, 1.82) is 0 Å². The lowest BCUT2D eigenvalue weighted by atomic mass is 9.99. The van der Waals surface area contributed by atoms with Crippen molar-refractivity contribution >= 4 is 26.0 Å². The number of aromatic nitrogens is 6. The monoisotopic (exact) mass is 409 g/mol. The first-order valence-electron chi connectivity index (χ1n) is 9.43. The molecule has 5 rings (SSSR count). The highest BCUT2D eigenvalue weighted by Crippen LogP contribution is 2.34. The first-order valence-corrected chi connectivity index (χ1v) is 10.0. The largest absolute Gasteiger partial charge is 0.417 e. The molecule has 10 heteroatoms. The zero-order chi connectivity index (χ0) is 20.1. The summed E-state index contributed by atoms with van der Waals surface area (Å²) in [4.78, 5) is 22.7. The third kappa shape index (κ3) is 2.93. The van der Waals surface area contributed by atoms with Crippen LogP contribution in [0.25, 0.3) is 5.52 Å². The molecular weight excluding hydrogens is 389 g/mol. The molecule has 1 aliphatic heterocycles. The summed E-state index contributed by atoms with van der Waals surface area (Å²) < 4.78 is 7.43. The van der Waals surface area contributed by atoms with Crippen LogP contribution in [0.2, 0.25) is 0 Å².